The molecule has 1 heterocycles. The Morgan fingerprint density at radius 1 is 1.40 bits per heavy atom. The van der Waals surface area contributed by atoms with E-state index < -0.39 is 0 Å². The average Bonchev–Trinajstić information content (AvgIpc) is 3.14. The van der Waals surface area contributed by atoms with E-state index in [0.717, 1.165) is 18.8 Å². The van der Waals surface area contributed by atoms with Crippen LogP contribution in [-0.2, 0) is 13.1 Å². The van der Waals surface area contributed by atoms with Gasteiger partial charge in [-0.1, -0.05) is 17.7 Å². The van der Waals surface area contributed by atoms with Gasteiger partial charge in [-0.2, -0.15) is 0 Å². The molecule has 1 aromatic carbocycles. The highest BCUT2D eigenvalue weighted by Gasteiger charge is 2.19. The van der Waals surface area contributed by atoms with E-state index in [1.807, 2.05) is 22.9 Å². The van der Waals surface area contributed by atoms with E-state index in [1.165, 1.54) is 18.4 Å². The van der Waals surface area contributed by atoms with Gasteiger partial charge in [0.1, 0.15) is 12.4 Å². The normalized spacial score (nSPS) is 14.4. The molecule has 0 atom stereocenters. The third-order valence-electron chi connectivity index (χ3n) is 3.33. The van der Waals surface area contributed by atoms with Crippen molar-refractivity contribution in [3.63, 3.8) is 0 Å². The van der Waals surface area contributed by atoms with E-state index in [1.54, 1.807) is 12.5 Å². The molecule has 0 spiro atoms. The number of rotatable bonds is 7. The van der Waals surface area contributed by atoms with Crippen molar-refractivity contribution in [3.05, 3.63) is 47.5 Å². The largest absolute Gasteiger partial charge is 0.490 e. The molecule has 0 saturated heterocycles. The second-order valence-corrected chi connectivity index (χ2v) is 5.48. The number of imidazole rings is 1. The predicted octanol–water partition coefficient (Wildman–Crippen LogP) is 2.87. The van der Waals surface area contributed by atoms with Crippen molar-refractivity contribution in [1.29, 1.82) is 0 Å². The van der Waals surface area contributed by atoms with E-state index >= 15 is 0 Å². The SMILES string of the molecule is Clc1cc(CNC2CC2)ccc1OCCn1ccnc1. The lowest BCUT2D eigenvalue weighted by Crippen LogP contribution is -2.15. The molecule has 1 N–H and O–H groups in total. The van der Waals surface area contributed by atoms with Crippen LogP contribution in [0.25, 0.3) is 0 Å². The fourth-order valence-corrected chi connectivity index (χ4v) is 2.26. The molecule has 0 bridgehead atoms. The Morgan fingerprint density at radius 2 is 2.30 bits per heavy atom. The van der Waals surface area contributed by atoms with E-state index in [2.05, 4.69) is 16.4 Å². The van der Waals surface area contributed by atoms with E-state index in [0.29, 0.717) is 17.7 Å². The minimum atomic E-state index is 0.579. The molecule has 1 aromatic heterocycles. The smallest absolute Gasteiger partial charge is 0.137 e. The Balaban J connectivity index is 1.50. The van der Waals surface area contributed by atoms with Crippen LogP contribution in [0.5, 0.6) is 5.75 Å². The quantitative estimate of drug-likeness (QED) is 0.852. The fourth-order valence-electron chi connectivity index (χ4n) is 2.00. The maximum absolute atomic E-state index is 6.25. The van der Waals surface area contributed by atoms with Gasteiger partial charge in [-0.25, -0.2) is 4.98 Å². The van der Waals surface area contributed by atoms with Gasteiger partial charge in [0.05, 0.1) is 17.9 Å². The lowest BCUT2D eigenvalue weighted by atomic mass is 10.2. The van der Waals surface area contributed by atoms with Crippen LogP contribution in [0.2, 0.25) is 5.02 Å². The van der Waals surface area contributed by atoms with Gasteiger partial charge in [0.25, 0.3) is 0 Å². The van der Waals surface area contributed by atoms with E-state index in [4.69, 9.17) is 16.3 Å². The molecule has 0 unspecified atom stereocenters. The molecule has 5 heteroatoms. The number of benzene rings is 1. The predicted molar refractivity (Wildman–Crippen MR) is 79.0 cm³/mol. The number of nitrogens with one attached hydrogen (secondary N) is 1. The van der Waals surface area contributed by atoms with Crippen molar-refractivity contribution in [2.24, 2.45) is 0 Å². The van der Waals surface area contributed by atoms with Crippen LogP contribution in [-0.4, -0.2) is 22.2 Å². The van der Waals surface area contributed by atoms with Crippen molar-refractivity contribution in [2.45, 2.75) is 32.0 Å². The van der Waals surface area contributed by atoms with Crippen LogP contribution < -0.4 is 10.1 Å². The zero-order valence-corrected chi connectivity index (χ0v) is 12.0. The highest BCUT2D eigenvalue weighted by atomic mass is 35.5. The van der Waals surface area contributed by atoms with Gasteiger partial charge in [-0.05, 0) is 30.5 Å². The standard InChI is InChI=1S/C15H18ClN3O/c16-14-9-12(10-18-13-2-3-13)1-4-15(14)20-8-7-19-6-5-17-11-19/h1,4-6,9,11,13,18H,2-3,7-8,10H2. The van der Waals surface area contributed by atoms with Crippen LogP contribution in [0, 0.1) is 0 Å². The number of aromatic nitrogens is 2. The van der Waals surface area contributed by atoms with Crippen LogP contribution in [0.1, 0.15) is 18.4 Å². The van der Waals surface area contributed by atoms with Gasteiger partial charge in [-0.3, -0.25) is 0 Å². The molecule has 20 heavy (non-hydrogen) atoms. The Morgan fingerprint density at radius 3 is 3.00 bits per heavy atom. The molecule has 0 amide bonds. The third-order valence-corrected chi connectivity index (χ3v) is 3.63. The number of ether oxygens (including phenoxy) is 1. The molecule has 0 aliphatic heterocycles. The molecular formula is C15H18ClN3O. The molecule has 3 rings (SSSR count). The third kappa shape index (κ3) is 3.74. The summed E-state index contributed by atoms with van der Waals surface area (Å²) in [7, 11) is 0. The first-order valence-corrected chi connectivity index (χ1v) is 7.29. The molecule has 1 saturated carbocycles. The summed E-state index contributed by atoms with van der Waals surface area (Å²) >= 11 is 6.25. The van der Waals surface area contributed by atoms with Crippen LogP contribution in [0.3, 0.4) is 0 Å². The van der Waals surface area contributed by atoms with Crippen molar-refractivity contribution in [3.8, 4) is 5.75 Å². The Kier molecular flexibility index (Phi) is 4.23. The summed E-state index contributed by atoms with van der Waals surface area (Å²) in [4.78, 5) is 3.99. The average molecular weight is 292 g/mol. The second kappa shape index (κ2) is 6.29. The van der Waals surface area contributed by atoms with Crippen LogP contribution >= 0.6 is 11.6 Å². The maximum Gasteiger partial charge on any atom is 0.137 e. The highest BCUT2D eigenvalue weighted by molar-refractivity contribution is 6.32. The number of hydrogen-bond acceptors (Lipinski definition) is 3. The van der Waals surface area contributed by atoms with Gasteiger partial charge in [0, 0.05) is 25.0 Å². The van der Waals surface area contributed by atoms with Crippen molar-refractivity contribution < 1.29 is 4.74 Å². The topological polar surface area (TPSA) is 39.1 Å². The van der Waals surface area contributed by atoms with Crippen LogP contribution in [0.15, 0.2) is 36.9 Å². The van der Waals surface area contributed by atoms with E-state index in [9.17, 15) is 0 Å². The molecular weight excluding hydrogens is 274 g/mol. The molecule has 4 nitrogen and oxygen atoms in total. The fraction of sp³-hybridized carbons (Fsp3) is 0.400. The molecule has 1 aliphatic rings. The van der Waals surface area contributed by atoms with Gasteiger partial charge in [0.15, 0.2) is 0 Å². The molecule has 106 valence electrons. The Hall–Kier alpha value is -1.52. The van der Waals surface area contributed by atoms with Crippen molar-refractivity contribution >= 4 is 11.6 Å². The zero-order valence-electron chi connectivity index (χ0n) is 11.3. The molecule has 1 aliphatic carbocycles. The molecule has 0 radical (unpaired) electrons. The zero-order chi connectivity index (χ0) is 13.8. The lowest BCUT2D eigenvalue weighted by Gasteiger charge is -2.10. The Labute approximate surface area is 123 Å². The minimum absolute atomic E-state index is 0.579. The number of nitrogens with zero attached hydrogens (tertiary/aromatic N) is 2. The minimum Gasteiger partial charge on any atom is -0.490 e. The summed E-state index contributed by atoms with van der Waals surface area (Å²) in [5, 5.41) is 4.14. The Bertz CT molecular complexity index is 552. The maximum atomic E-state index is 6.25. The first-order chi connectivity index (χ1) is 9.81. The van der Waals surface area contributed by atoms with Gasteiger partial charge < -0.3 is 14.6 Å². The molecule has 1 fully saturated rings. The summed E-state index contributed by atoms with van der Waals surface area (Å²) < 4.78 is 7.68. The first-order valence-electron chi connectivity index (χ1n) is 6.91. The summed E-state index contributed by atoms with van der Waals surface area (Å²) in [5.41, 5.74) is 1.20. The van der Waals surface area contributed by atoms with Gasteiger partial charge >= 0.3 is 0 Å². The lowest BCUT2D eigenvalue weighted by molar-refractivity contribution is 0.298. The first kappa shape index (κ1) is 13.5. The summed E-state index contributed by atoms with van der Waals surface area (Å²) in [6, 6.07) is 6.69. The van der Waals surface area contributed by atoms with Gasteiger partial charge in [0.2, 0.25) is 0 Å². The summed E-state index contributed by atoms with van der Waals surface area (Å²) in [6.45, 7) is 2.22. The van der Waals surface area contributed by atoms with Crippen LogP contribution in [0.4, 0.5) is 0 Å². The second-order valence-electron chi connectivity index (χ2n) is 5.07. The van der Waals surface area contributed by atoms with Crippen molar-refractivity contribution in [1.82, 2.24) is 14.9 Å². The monoisotopic (exact) mass is 291 g/mol. The molecule has 2 aromatic rings. The van der Waals surface area contributed by atoms with Crippen molar-refractivity contribution in [2.75, 3.05) is 6.61 Å². The summed E-state index contributed by atoms with van der Waals surface area (Å²) in [5.74, 6) is 0.738. The summed E-state index contributed by atoms with van der Waals surface area (Å²) in [6.07, 6.45) is 8.04. The highest BCUT2D eigenvalue weighted by Crippen LogP contribution is 2.26. The van der Waals surface area contributed by atoms with Gasteiger partial charge in [-0.15, -0.1) is 0 Å². The number of hydrogen-bond donors (Lipinski definition) is 1. The van der Waals surface area contributed by atoms with E-state index in [-0.39, 0.29) is 0 Å². The number of halogens is 1.